The van der Waals surface area contributed by atoms with Crippen LogP contribution in [0.5, 0.6) is 0 Å². The highest BCUT2D eigenvalue weighted by molar-refractivity contribution is 9.10. The van der Waals surface area contributed by atoms with Gasteiger partial charge in [0.15, 0.2) is 0 Å². The number of carbonyl (C=O) groups excluding carboxylic acids is 1. The van der Waals surface area contributed by atoms with E-state index in [-0.39, 0.29) is 10.0 Å². The van der Waals surface area contributed by atoms with Gasteiger partial charge in [-0.2, -0.15) is 0 Å². The van der Waals surface area contributed by atoms with Gasteiger partial charge in [0.25, 0.3) is 5.69 Å². The Kier molecular flexibility index (Phi) is 3.46. The van der Waals surface area contributed by atoms with Gasteiger partial charge in [-0.15, -0.1) is 0 Å². The smallest absolute Gasteiger partial charge is 0.288 e. The first-order valence-electron chi connectivity index (χ1n) is 3.69. The molecule has 0 heterocycles. The van der Waals surface area contributed by atoms with Crippen molar-refractivity contribution in [2.24, 2.45) is 0 Å². The molecular weight excluding hydrogens is 276 g/mol. The lowest BCUT2D eigenvalue weighted by Gasteiger charge is -2.00. The highest BCUT2D eigenvalue weighted by atomic mass is 79.9. The zero-order chi connectivity index (χ0) is 11.6. The minimum absolute atomic E-state index is 0.209. The number of nitro groups is 1. The zero-order valence-electron chi connectivity index (χ0n) is 7.12. The molecule has 1 aromatic rings. The molecule has 0 radical (unpaired) electrons. The van der Waals surface area contributed by atoms with E-state index in [0.717, 1.165) is 18.2 Å². The molecule has 0 atom stereocenters. The van der Waals surface area contributed by atoms with Crippen LogP contribution in [0.2, 0.25) is 0 Å². The minimum Gasteiger partial charge on any atom is -0.288 e. The first-order valence-corrected chi connectivity index (χ1v) is 4.48. The van der Waals surface area contributed by atoms with Gasteiger partial charge in [-0.05, 0) is 6.07 Å². The molecule has 0 bridgehead atoms. The normalized spacial score (nSPS) is 10.4. The first-order chi connectivity index (χ1) is 6.91. The zero-order valence-corrected chi connectivity index (χ0v) is 8.70. The van der Waals surface area contributed by atoms with E-state index >= 15 is 0 Å². The molecule has 0 fully saturated rings. The van der Waals surface area contributed by atoms with E-state index in [1.54, 1.807) is 0 Å². The summed E-state index contributed by atoms with van der Waals surface area (Å²) in [6.07, 6.45) is -3.17. The number of benzene rings is 1. The Morgan fingerprint density at radius 3 is 2.47 bits per heavy atom. The van der Waals surface area contributed by atoms with Gasteiger partial charge in [-0.1, -0.05) is 15.9 Å². The molecular formula is C8H4BrF2NO3. The fourth-order valence-electron chi connectivity index (χ4n) is 0.948. The van der Waals surface area contributed by atoms with Crippen LogP contribution in [0.3, 0.4) is 0 Å². The standard InChI is InChI=1S/C8H4BrF2NO3/c9-5-1-4(7(13)8(10)11)2-6(3-5)12(14)15/h1-3,8H. The van der Waals surface area contributed by atoms with Crippen molar-refractivity contribution in [3.05, 3.63) is 38.3 Å². The third-order valence-corrected chi connectivity index (χ3v) is 2.03. The maximum absolute atomic E-state index is 12.0. The fraction of sp³-hybridized carbons (Fsp3) is 0.125. The Labute approximate surface area is 91.2 Å². The summed E-state index contributed by atoms with van der Waals surface area (Å²) in [4.78, 5) is 20.5. The second kappa shape index (κ2) is 4.43. The van der Waals surface area contributed by atoms with Crippen molar-refractivity contribution >= 4 is 27.4 Å². The van der Waals surface area contributed by atoms with Crippen molar-refractivity contribution in [2.75, 3.05) is 0 Å². The summed E-state index contributed by atoms with van der Waals surface area (Å²) in [6, 6.07) is 3.06. The average Bonchev–Trinajstić information content (AvgIpc) is 2.15. The van der Waals surface area contributed by atoms with Crippen LogP contribution in [0.4, 0.5) is 14.5 Å². The van der Waals surface area contributed by atoms with Gasteiger partial charge in [0.05, 0.1) is 4.92 Å². The number of non-ortho nitro benzene ring substituents is 1. The number of carbonyl (C=O) groups is 1. The van der Waals surface area contributed by atoms with Crippen LogP contribution in [0.15, 0.2) is 22.7 Å². The second-order valence-electron chi connectivity index (χ2n) is 2.62. The van der Waals surface area contributed by atoms with Gasteiger partial charge in [0.2, 0.25) is 5.78 Å². The summed E-state index contributed by atoms with van der Waals surface area (Å²) in [5.74, 6) is -1.43. The van der Waals surface area contributed by atoms with Crippen LogP contribution in [0, 0.1) is 10.1 Å². The summed E-state index contributed by atoms with van der Waals surface area (Å²) in [5.41, 5.74) is -0.792. The molecule has 0 aromatic heterocycles. The molecule has 7 heteroatoms. The third kappa shape index (κ3) is 2.79. The Balaban J connectivity index is 3.20. The Bertz CT molecular complexity index is 422. The molecule has 0 amide bonds. The Morgan fingerprint density at radius 1 is 1.40 bits per heavy atom. The van der Waals surface area contributed by atoms with Gasteiger partial charge in [0.1, 0.15) is 0 Å². The lowest BCUT2D eigenvalue weighted by Crippen LogP contribution is -2.10. The number of Topliss-reactive ketones (excluding diaryl/α,β-unsaturated/α-hetero) is 1. The predicted octanol–water partition coefficient (Wildman–Crippen LogP) is 2.81. The van der Waals surface area contributed by atoms with Crippen LogP contribution >= 0.6 is 15.9 Å². The monoisotopic (exact) mass is 279 g/mol. The van der Waals surface area contributed by atoms with Gasteiger partial charge in [-0.3, -0.25) is 14.9 Å². The van der Waals surface area contributed by atoms with Gasteiger partial charge in [0, 0.05) is 22.2 Å². The molecule has 0 aliphatic rings. The van der Waals surface area contributed by atoms with Crippen LogP contribution < -0.4 is 0 Å². The number of nitro benzene ring substituents is 1. The molecule has 1 aromatic carbocycles. The lowest BCUT2D eigenvalue weighted by molar-refractivity contribution is -0.385. The quantitative estimate of drug-likeness (QED) is 0.486. The SMILES string of the molecule is O=C(c1cc(Br)cc([N+](=O)[O-])c1)C(F)F. The van der Waals surface area contributed by atoms with Crippen molar-refractivity contribution in [3.63, 3.8) is 0 Å². The van der Waals surface area contributed by atoms with E-state index in [2.05, 4.69) is 15.9 Å². The average molecular weight is 280 g/mol. The Hall–Kier alpha value is -1.37. The van der Waals surface area contributed by atoms with E-state index in [0.29, 0.717) is 0 Å². The molecule has 0 aliphatic heterocycles. The number of ketones is 1. The summed E-state index contributed by atoms with van der Waals surface area (Å²) in [6.45, 7) is 0. The fourth-order valence-corrected chi connectivity index (χ4v) is 1.43. The summed E-state index contributed by atoms with van der Waals surface area (Å²) < 4.78 is 24.3. The lowest BCUT2D eigenvalue weighted by atomic mass is 10.1. The number of alkyl halides is 2. The van der Waals surface area contributed by atoms with Crippen molar-refractivity contribution in [3.8, 4) is 0 Å². The molecule has 80 valence electrons. The molecule has 0 spiro atoms. The van der Waals surface area contributed by atoms with E-state index in [1.165, 1.54) is 0 Å². The molecule has 0 saturated carbocycles. The molecule has 15 heavy (non-hydrogen) atoms. The number of nitrogens with zero attached hydrogens (tertiary/aromatic N) is 1. The molecule has 4 nitrogen and oxygen atoms in total. The summed E-state index contributed by atoms with van der Waals surface area (Å²) >= 11 is 2.90. The number of hydrogen-bond acceptors (Lipinski definition) is 3. The van der Waals surface area contributed by atoms with Crippen molar-refractivity contribution in [1.29, 1.82) is 0 Å². The van der Waals surface area contributed by atoms with Crippen LogP contribution in [0.1, 0.15) is 10.4 Å². The van der Waals surface area contributed by atoms with E-state index in [9.17, 15) is 23.7 Å². The van der Waals surface area contributed by atoms with Gasteiger partial charge < -0.3 is 0 Å². The van der Waals surface area contributed by atoms with Crippen LogP contribution in [-0.4, -0.2) is 17.1 Å². The summed E-state index contributed by atoms with van der Waals surface area (Å²) in [7, 11) is 0. The van der Waals surface area contributed by atoms with Crippen LogP contribution in [0.25, 0.3) is 0 Å². The minimum atomic E-state index is -3.17. The topological polar surface area (TPSA) is 60.2 Å². The number of halogens is 3. The predicted molar refractivity (Wildman–Crippen MR) is 51.1 cm³/mol. The largest absolute Gasteiger partial charge is 0.300 e. The molecule has 0 saturated heterocycles. The number of hydrogen-bond donors (Lipinski definition) is 0. The van der Waals surface area contributed by atoms with E-state index < -0.39 is 22.8 Å². The highest BCUT2D eigenvalue weighted by Gasteiger charge is 2.20. The van der Waals surface area contributed by atoms with E-state index in [1.807, 2.05) is 0 Å². The highest BCUT2D eigenvalue weighted by Crippen LogP contribution is 2.22. The maximum atomic E-state index is 12.0. The van der Waals surface area contributed by atoms with Crippen molar-refractivity contribution in [1.82, 2.24) is 0 Å². The Morgan fingerprint density at radius 2 is 2.00 bits per heavy atom. The second-order valence-corrected chi connectivity index (χ2v) is 3.54. The van der Waals surface area contributed by atoms with E-state index in [4.69, 9.17) is 0 Å². The molecule has 0 aliphatic carbocycles. The van der Waals surface area contributed by atoms with Gasteiger partial charge in [-0.25, -0.2) is 8.78 Å². The maximum Gasteiger partial charge on any atom is 0.300 e. The molecule has 0 unspecified atom stereocenters. The van der Waals surface area contributed by atoms with Crippen molar-refractivity contribution in [2.45, 2.75) is 6.43 Å². The first kappa shape index (κ1) is 11.7. The molecule has 1 rings (SSSR count). The van der Waals surface area contributed by atoms with Gasteiger partial charge >= 0.3 is 6.43 Å². The summed E-state index contributed by atoms with van der Waals surface area (Å²) in [5, 5.41) is 10.4. The third-order valence-electron chi connectivity index (χ3n) is 1.58. The molecule has 0 N–H and O–H groups in total. The number of rotatable bonds is 3. The van der Waals surface area contributed by atoms with Crippen LogP contribution in [-0.2, 0) is 0 Å². The van der Waals surface area contributed by atoms with Crippen molar-refractivity contribution < 1.29 is 18.5 Å².